The fourth-order valence-corrected chi connectivity index (χ4v) is 2.60. The highest BCUT2D eigenvalue weighted by atomic mass is 16.5. The van der Waals surface area contributed by atoms with Gasteiger partial charge in [-0.3, -0.25) is 0 Å². The van der Waals surface area contributed by atoms with Crippen molar-refractivity contribution in [3.8, 4) is 0 Å². The lowest BCUT2D eigenvalue weighted by molar-refractivity contribution is -0.0108. The molecule has 0 amide bonds. The molecule has 0 spiro atoms. The highest BCUT2D eigenvalue weighted by Gasteiger charge is 2.27. The molecule has 1 aliphatic carbocycles. The number of hydrogen-bond donors (Lipinski definition) is 1. The van der Waals surface area contributed by atoms with Gasteiger partial charge in [0.2, 0.25) is 0 Å². The van der Waals surface area contributed by atoms with Crippen molar-refractivity contribution in [3.63, 3.8) is 0 Å². The summed E-state index contributed by atoms with van der Waals surface area (Å²) < 4.78 is 6.09. The molecule has 1 rings (SSSR count). The van der Waals surface area contributed by atoms with Crippen LogP contribution in [0.25, 0.3) is 0 Å². The summed E-state index contributed by atoms with van der Waals surface area (Å²) in [5.74, 6) is 0.694. The van der Waals surface area contributed by atoms with E-state index in [1.54, 1.807) is 0 Å². The van der Waals surface area contributed by atoms with Crippen LogP contribution in [0.15, 0.2) is 0 Å². The van der Waals surface area contributed by atoms with Gasteiger partial charge < -0.3 is 10.1 Å². The van der Waals surface area contributed by atoms with Crippen molar-refractivity contribution >= 4 is 0 Å². The Balaban J connectivity index is 2.26. The van der Waals surface area contributed by atoms with E-state index in [0.29, 0.717) is 23.5 Å². The molecule has 0 heterocycles. The fourth-order valence-electron chi connectivity index (χ4n) is 2.60. The summed E-state index contributed by atoms with van der Waals surface area (Å²) in [4.78, 5) is 0. The molecule has 2 nitrogen and oxygen atoms in total. The second kappa shape index (κ2) is 6.75. The van der Waals surface area contributed by atoms with Crippen LogP contribution in [0.1, 0.15) is 59.8 Å². The van der Waals surface area contributed by atoms with Gasteiger partial charge in [-0.25, -0.2) is 0 Å². The molecule has 1 N–H and O–H groups in total. The Morgan fingerprint density at radius 2 is 1.88 bits per heavy atom. The first kappa shape index (κ1) is 15.0. The molecule has 0 bridgehead atoms. The van der Waals surface area contributed by atoms with Crippen molar-refractivity contribution in [1.29, 1.82) is 0 Å². The second-order valence-electron chi connectivity index (χ2n) is 6.48. The van der Waals surface area contributed by atoms with E-state index in [4.69, 9.17) is 4.74 Å². The van der Waals surface area contributed by atoms with Crippen molar-refractivity contribution in [2.45, 2.75) is 71.9 Å². The zero-order valence-electron chi connectivity index (χ0n) is 12.4. The van der Waals surface area contributed by atoms with Crippen LogP contribution in [0.2, 0.25) is 0 Å². The zero-order chi connectivity index (χ0) is 12.9. The maximum Gasteiger partial charge on any atom is 0.0625 e. The summed E-state index contributed by atoms with van der Waals surface area (Å²) in [6.45, 7) is 10.2. The van der Waals surface area contributed by atoms with Gasteiger partial charge in [0.15, 0.2) is 0 Å². The molecule has 0 aromatic rings. The monoisotopic (exact) mass is 241 g/mol. The Kier molecular flexibility index (Phi) is 5.94. The fraction of sp³-hybridized carbons (Fsp3) is 1.00. The molecule has 102 valence electrons. The van der Waals surface area contributed by atoms with E-state index in [-0.39, 0.29) is 0 Å². The lowest BCUT2D eigenvalue weighted by atomic mass is 9.76. The number of rotatable bonds is 6. The third kappa shape index (κ3) is 4.97. The lowest BCUT2D eigenvalue weighted by Gasteiger charge is -2.35. The molecule has 1 fully saturated rings. The summed E-state index contributed by atoms with van der Waals surface area (Å²) in [5.41, 5.74) is 0.541. The summed E-state index contributed by atoms with van der Waals surface area (Å²) in [6, 6.07) is 0.509. The van der Waals surface area contributed by atoms with Crippen molar-refractivity contribution in [2.24, 2.45) is 11.3 Å². The Labute approximate surface area is 108 Å². The lowest BCUT2D eigenvalue weighted by Crippen LogP contribution is -2.38. The van der Waals surface area contributed by atoms with Crippen LogP contribution < -0.4 is 5.32 Å². The minimum Gasteiger partial charge on any atom is -0.377 e. The Hall–Kier alpha value is -0.0800. The van der Waals surface area contributed by atoms with Crippen LogP contribution >= 0.6 is 0 Å². The normalized spacial score (nSPS) is 24.5. The van der Waals surface area contributed by atoms with Crippen LogP contribution in [0, 0.1) is 11.3 Å². The van der Waals surface area contributed by atoms with Crippen LogP contribution in [-0.4, -0.2) is 25.8 Å². The van der Waals surface area contributed by atoms with Gasteiger partial charge in [-0.05, 0) is 44.1 Å². The molecular weight excluding hydrogens is 210 g/mol. The Bertz CT molecular complexity index is 205. The summed E-state index contributed by atoms with van der Waals surface area (Å²) in [7, 11) is 2.05. The van der Waals surface area contributed by atoms with E-state index in [9.17, 15) is 0 Å². The van der Waals surface area contributed by atoms with Crippen LogP contribution in [0.5, 0.6) is 0 Å². The predicted molar refractivity (Wildman–Crippen MR) is 74.3 cm³/mol. The molecular formula is C15H31NO. The van der Waals surface area contributed by atoms with Gasteiger partial charge in [-0.2, -0.15) is 0 Å². The molecule has 2 unspecified atom stereocenters. The minimum absolute atomic E-state index is 0.503. The van der Waals surface area contributed by atoms with Gasteiger partial charge in [-0.15, -0.1) is 0 Å². The molecule has 17 heavy (non-hydrogen) atoms. The van der Waals surface area contributed by atoms with E-state index >= 15 is 0 Å². The predicted octanol–water partition coefficient (Wildman–Crippen LogP) is 3.61. The largest absolute Gasteiger partial charge is 0.377 e. The topological polar surface area (TPSA) is 21.3 Å². The van der Waals surface area contributed by atoms with Gasteiger partial charge in [0, 0.05) is 6.04 Å². The van der Waals surface area contributed by atoms with Crippen molar-refractivity contribution in [1.82, 2.24) is 5.32 Å². The van der Waals surface area contributed by atoms with E-state index in [1.807, 2.05) is 7.05 Å². The maximum absolute atomic E-state index is 6.09. The van der Waals surface area contributed by atoms with Gasteiger partial charge in [0.05, 0.1) is 12.7 Å². The Morgan fingerprint density at radius 1 is 1.29 bits per heavy atom. The number of ether oxygens (including phenoxy) is 1. The highest BCUT2D eigenvalue weighted by Crippen LogP contribution is 2.36. The van der Waals surface area contributed by atoms with E-state index in [0.717, 1.165) is 6.61 Å². The molecule has 0 aliphatic heterocycles. The average molecular weight is 241 g/mol. The van der Waals surface area contributed by atoms with Gasteiger partial charge >= 0.3 is 0 Å². The minimum atomic E-state index is 0.503. The standard InChI is InChI=1S/C15H31NO/c1-6-12(2)14(16-5)11-17-13-7-9-15(3,4)10-8-13/h12-14,16H,6-11H2,1-5H3. The van der Waals surface area contributed by atoms with Crippen molar-refractivity contribution in [2.75, 3.05) is 13.7 Å². The Morgan fingerprint density at radius 3 is 2.35 bits per heavy atom. The number of hydrogen-bond acceptors (Lipinski definition) is 2. The summed E-state index contributed by atoms with van der Waals surface area (Å²) in [6.07, 6.45) is 6.82. The molecule has 0 radical (unpaired) electrons. The summed E-state index contributed by atoms with van der Waals surface area (Å²) in [5, 5.41) is 3.38. The van der Waals surface area contributed by atoms with Gasteiger partial charge in [-0.1, -0.05) is 34.1 Å². The van der Waals surface area contributed by atoms with Crippen LogP contribution in [0.3, 0.4) is 0 Å². The third-order valence-corrected chi connectivity index (χ3v) is 4.50. The SMILES string of the molecule is CCC(C)C(COC1CCC(C)(C)CC1)NC. The smallest absolute Gasteiger partial charge is 0.0625 e. The van der Waals surface area contributed by atoms with Crippen molar-refractivity contribution < 1.29 is 4.74 Å². The summed E-state index contributed by atoms with van der Waals surface area (Å²) >= 11 is 0. The quantitative estimate of drug-likeness (QED) is 0.767. The van der Waals surface area contributed by atoms with Crippen LogP contribution in [0.4, 0.5) is 0 Å². The van der Waals surface area contributed by atoms with Gasteiger partial charge in [0.25, 0.3) is 0 Å². The van der Waals surface area contributed by atoms with E-state index < -0.39 is 0 Å². The first-order valence-electron chi connectivity index (χ1n) is 7.27. The third-order valence-electron chi connectivity index (χ3n) is 4.50. The molecule has 2 atom stereocenters. The number of likely N-dealkylation sites (N-methyl/N-ethyl adjacent to an activating group) is 1. The van der Waals surface area contributed by atoms with Gasteiger partial charge in [0.1, 0.15) is 0 Å². The van der Waals surface area contributed by atoms with Crippen molar-refractivity contribution in [3.05, 3.63) is 0 Å². The second-order valence-corrected chi connectivity index (χ2v) is 6.48. The molecule has 0 aromatic heterocycles. The van der Waals surface area contributed by atoms with E-state index in [1.165, 1.54) is 32.1 Å². The molecule has 2 heteroatoms. The first-order valence-corrected chi connectivity index (χ1v) is 7.27. The highest BCUT2D eigenvalue weighted by molar-refractivity contribution is 4.79. The molecule has 0 aromatic carbocycles. The van der Waals surface area contributed by atoms with Crippen LogP contribution in [-0.2, 0) is 4.74 Å². The zero-order valence-corrected chi connectivity index (χ0v) is 12.4. The number of nitrogens with one attached hydrogen (secondary N) is 1. The first-order chi connectivity index (χ1) is 7.98. The molecule has 1 aliphatic rings. The van der Waals surface area contributed by atoms with E-state index in [2.05, 4.69) is 33.0 Å². The maximum atomic E-state index is 6.09. The molecule has 1 saturated carbocycles. The molecule has 0 saturated heterocycles. The average Bonchev–Trinajstić information content (AvgIpc) is 2.31.